The molecule has 0 spiro atoms. The number of anilines is 1. The number of rotatable bonds is 6. The monoisotopic (exact) mass is 438 g/mol. The number of sulfonamides is 1. The van der Waals surface area contributed by atoms with E-state index in [0.29, 0.717) is 49.5 Å². The molecule has 1 N–H and O–H groups in total. The number of carbonyl (C=O) groups excluding carboxylic acids is 1. The van der Waals surface area contributed by atoms with Gasteiger partial charge in [0.2, 0.25) is 21.8 Å². The summed E-state index contributed by atoms with van der Waals surface area (Å²) in [4.78, 5) is 12.5. The quantitative estimate of drug-likeness (QED) is 0.737. The van der Waals surface area contributed by atoms with Crippen molar-refractivity contribution in [2.75, 3.05) is 31.0 Å². The van der Waals surface area contributed by atoms with Gasteiger partial charge in [-0.25, -0.2) is 12.7 Å². The SMILES string of the molecule is CCCS(=O)(=O)N1CCC(c2nnc(C(=O)Nc3ccc4c(c3)OCO4)s2)CC1. The second kappa shape index (κ2) is 8.25. The van der Waals surface area contributed by atoms with E-state index >= 15 is 0 Å². The molecule has 1 fully saturated rings. The Morgan fingerprint density at radius 3 is 2.76 bits per heavy atom. The number of hydrogen-bond acceptors (Lipinski definition) is 8. The van der Waals surface area contributed by atoms with E-state index in [0.717, 1.165) is 5.01 Å². The Kier molecular flexibility index (Phi) is 5.70. The molecule has 0 aliphatic carbocycles. The second-order valence-electron chi connectivity index (χ2n) is 6.96. The summed E-state index contributed by atoms with van der Waals surface area (Å²) >= 11 is 1.25. The minimum absolute atomic E-state index is 0.118. The van der Waals surface area contributed by atoms with Gasteiger partial charge in [0.05, 0.1) is 5.75 Å². The van der Waals surface area contributed by atoms with Gasteiger partial charge in [-0.2, -0.15) is 0 Å². The van der Waals surface area contributed by atoms with Crippen LogP contribution in [0.2, 0.25) is 0 Å². The van der Waals surface area contributed by atoms with Crippen LogP contribution in [0, 0.1) is 0 Å². The summed E-state index contributed by atoms with van der Waals surface area (Å²) < 4.78 is 36.5. The molecule has 2 aliphatic heterocycles. The van der Waals surface area contributed by atoms with E-state index in [1.54, 1.807) is 22.5 Å². The van der Waals surface area contributed by atoms with Gasteiger partial charge in [-0.1, -0.05) is 18.3 Å². The number of nitrogens with zero attached hydrogens (tertiary/aromatic N) is 3. The Balaban J connectivity index is 1.37. The number of benzene rings is 1. The molecule has 0 atom stereocenters. The van der Waals surface area contributed by atoms with Crippen molar-refractivity contribution in [3.8, 4) is 11.5 Å². The Hall–Kier alpha value is -2.24. The molecule has 3 heterocycles. The first-order chi connectivity index (χ1) is 14.0. The fourth-order valence-electron chi connectivity index (χ4n) is 3.42. The van der Waals surface area contributed by atoms with E-state index in [1.807, 2.05) is 6.92 Å². The standard InChI is InChI=1S/C18H22N4O5S2/c1-2-9-29(24,25)22-7-5-12(6-8-22)17-20-21-18(28-17)16(23)19-13-3-4-14-15(10-13)27-11-26-14/h3-4,10,12H,2,5-9,11H2,1H3,(H,19,23). The summed E-state index contributed by atoms with van der Waals surface area (Å²) in [6.07, 6.45) is 1.98. The normalized spacial score (nSPS) is 17.4. The second-order valence-corrected chi connectivity index (χ2v) is 10.1. The Bertz CT molecular complexity index is 999. The van der Waals surface area contributed by atoms with Crippen LogP contribution in [-0.4, -0.2) is 54.5 Å². The molecule has 156 valence electrons. The number of ether oxygens (including phenoxy) is 2. The highest BCUT2D eigenvalue weighted by Crippen LogP contribution is 2.35. The van der Waals surface area contributed by atoms with Crippen molar-refractivity contribution in [2.45, 2.75) is 32.1 Å². The van der Waals surface area contributed by atoms with Gasteiger partial charge in [-0.3, -0.25) is 4.79 Å². The van der Waals surface area contributed by atoms with Crippen LogP contribution in [-0.2, 0) is 10.0 Å². The Morgan fingerprint density at radius 1 is 1.24 bits per heavy atom. The van der Waals surface area contributed by atoms with Gasteiger partial charge in [0.15, 0.2) is 11.5 Å². The number of aromatic nitrogens is 2. The van der Waals surface area contributed by atoms with Gasteiger partial charge in [0.25, 0.3) is 5.91 Å². The summed E-state index contributed by atoms with van der Waals surface area (Å²) in [5.41, 5.74) is 0.588. The lowest BCUT2D eigenvalue weighted by atomic mass is 9.99. The predicted octanol–water partition coefficient (Wildman–Crippen LogP) is 2.44. The topological polar surface area (TPSA) is 111 Å². The van der Waals surface area contributed by atoms with Gasteiger partial charge < -0.3 is 14.8 Å². The number of fused-ring (bicyclic) bond motifs is 1. The van der Waals surface area contributed by atoms with Gasteiger partial charge >= 0.3 is 0 Å². The third-order valence-corrected chi connectivity index (χ3v) is 8.08. The molecule has 1 saturated heterocycles. The number of nitrogens with one attached hydrogen (secondary N) is 1. The highest BCUT2D eigenvalue weighted by Gasteiger charge is 2.30. The minimum atomic E-state index is -3.17. The third kappa shape index (κ3) is 4.36. The number of hydrogen-bond donors (Lipinski definition) is 1. The Morgan fingerprint density at radius 2 is 2.00 bits per heavy atom. The molecule has 0 saturated carbocycles. The summed E-state index contributed by atoms with van der Waals surface area (Å²) in [7, 11) is -3.17. The van der Waals surface area contributed by atoms with E-state index in [9.17, 15) is 13.2 Å². The molecular formula is C18H22N4O5S2. The zero-order valence-corrected chi connectivity index (χ0v) is 17.6. The molecule has 11 heteroatoms. The lowest BCUT2D eigenvalue weighted by Gasteiger charge is -2.29. The highest BCUT2D eigenvalue weighted by molar-refractivity contribution is 7.89. The van der Waals surface area contributed by atoms with Crippen LogP contribution in [0.3, 0.4) is 0 Å². The van der Waals surface area contributed by atoms with Crippen molar-refractivity contribution in [2.24, 2.45) is 0 Å². The average Bonchev–Trinajstić information content (AvgIpc) is 3.37. The fourth-order valence-corrected chi connectivity index (χ4v) is 5.87. The van der Waals surface area contributed by atoms with Gasteiger partial charge in [-0.05, 0) is 31.4 Å². The van der Waals surface area contributed by atoms with Crippen LogP contribution in [0.25, 0.3) is 0 Å². The molecule has 2 aromatic rings. The lowest BCUT2D eigenvalue weighted by Crippen LogP contribution is -2.39. The number of carbonyl (C=O) groups is 1. The van der Waals surface area contributed by atoms with Gasteiger partial charge in [0.1, 0.15) is 5.01 Å². The van der Waals surface area contributed by atoms with Crippen molar-refractivity contribution < 1.29 is 22.7 Å². The van der Waals surface area contributed by atoms with Crippen LogP contribution in [0.5, 0.6) is 11.5 Å². The van der Waals surface area contributed by atoms with Crippen LogP contribution in [0.1, 0.15) is 46.9 Å². The maximum absolute atomic E-state index is 12.5. The summed E-state index contributed by atoms with van der Waals surface area (Å²) in [6, 6.07) is 5.18. The van der Waals surface area contributed by atoms with Crippen LogP contribution in [0.4, 0.5) is 5.69 Å². The van der Waals surface area contributed by atoms with E-state index in [2.05, 4.69) is 15.5 Å². The fraction of sp³-hybridized carbons (Fsp3) is 0.500. The predicted molar refractivity (Wildman–Crippen MR) is 108 cm³/mol. The molecule has 1 aromatic carbocycles. The maximum Gasteiger partial charge on any atom is 0.286 e. The van der Waals surface area contributed by atoms with E-state index < -0.39 is 10.0 Å². The zero-order chi connectivity index (χ0) is 20.4. The van der Waals surface area contributed by atoms with Crippen molar-refractivity contribution in [1.29, 1.82) is 0 Å². The van der Waals surface area contributed by atoms with Crippen LogP contribution in [0.15, 0.2) is 18.2 Å². The van der Waals surface area contributed by atoms with E-state index in [1.165, 1.54) is 11.3 Å². The van der Waals surface area contributed by atoms with Crippen molar-refractivity contribution >= 4 is 33.0 Å². The highest BCUT2D eigenvalue weighted by atomic mass is 32.2. The summed E-state index contributed by atoms with van der Waals surface area (Å²) in [5, 5.41) is 12.0. The molecule has 2 aliphatic rings. The minimum Gasteiger partial charge on any atom is -0.454 e. The molecular weight excluding hydrogens is 416 g/mol. The largest absolute Gasteiger partial charge is 0.454 e. The average molecular weight is 439 g/mol. The van der Waals surface area contributed by atoms with Crippen LogP contribution >= 0.6 is 11.3 Å². The summed E-state index contributed by atoms with van der Waals surface area (Å²) in [6.45, 7) is 2.99. The molecule has 4 rings (SSSR count). The Labute approximate surface area is 173 Å². The molecule has 29 heavy (non-hydrogen) atoms. The molecule has 1 amide bonds. The first-order valence-corrected chi connectivity index (χ1v) is 11.9. The van der Waals surface area contributed by atoms with Crippen molar-refractivity contribution in [3.05, 3.63) is 28.2 Å². The van der Waals surface area contributed by atoms with Crippen molar-refractivity contribution in [1.82, 2.24) is 14.5 Å². The lowest BCUT2D eigenvalue weighted by molar-refractivity contribution is 0.102. The molecule has 1 aromatic heterocycles. The smallest absolute Gasteiger partial charge is 0.286 e. The molecule has 0 bridgehead atoms. The van der Waals surface area contributed by atoms with Crippen molar-refractivity contribution in [3.63, 3.8) is 0 Å². The zero-order valence-electron chi connectivity index (χ0n) is 16.0. The van der Waals surface area contributed by atoms with Gasteiger partial charge in [0, 0.05) is 30.8 Å². The first-order valence-electron chi connectivity index (χ1n) is 9.48. The number of piperidine rings is 1. The van der Waals surface area contributed by atoms with Gasteiger partial charge in [-0.15, -0.1) is 10.2 Å². The molecule has 0 radical (unpaired) electrons. The van der Waals surface area contributed by atoms with Crippen LogP contribution < -0.4 is 14.8 Å². The molecule has 9 nitrogen and oxygen atoms in total. The number of amides is 1. The maximum atomic E-state index is 12.5. The summed E-state index contributed by atoms with van der Waals surface area (Å²) in [5.74, 6) is 1.20. The molecule has 0 unspecified atom stereocenters. The third-order valence-electron chi connectivity index (χ3n) is 4.92. The van der Waals surface area contributed by atoms with E-state index in [-0.39, 0.29) is 29.4 Å². The first kappa shape index (κ1) is 20.0. The van der Waals surface area contributed by atoms with E-state index in [4.69, 9.17) is 9.47 Å².